The molecule has 1 aliphatic carbocycles. The predicted molar refractivity (Wildman–Crippen MR) is 61.3 cm³/mol. The standard InChI is InChI=1S/C14H19/c1-2-12-8-10-14(11-9-12)13-6-4-3-5-7-13/h8-11,13H,1-7H2. The SMILES string of the molecule is [CH2]Cc1ccc(C2CCCCC2)cc1. The topological polar surface area (TPSA) is 0 Å². The second-order valence-corrected chi connectivity index (χ2v) is 4.33. The van der Waals surface area contributed by atoms with Gasteiger partial charge in [0, 0.05) is 0 Å². The average Bonchev–Trinajstić information content (AvgIpc) is 2.30. The molecule has 0 saturated heterocycles. The summed E-state index contributed by atoms with van der Waals surface area (Å²) in [6.07, 6.45) is 7.97. The molecule has 0 spiro atoms. The van der Waals surface area contributed by atoms with Crippen molar-refractivity contribution in [1.82, 2.24) is 0 Å². The van der Waals surface area contributed by atoms with Crippen molar-refractivity contribution in [3.05, 3.63) is 42.3 Å². The second kappa shape index (κ2) is 4.63. The molecule has 0 N–H and O–H groups in total. The van der Waals surface area contributed by atoms with Crippen molar-refractivity contribution >= 4 is 0 Å². The first-order valence-corrected chi connectivity index (χ1v) is 5.78. The van der Waals surface area contributed by atoms with Crippen molar-refractivity contribution < 1.29 is 0 Å². The van der Waals surface area contributed by atoms with E-state index in [9.17, 15) is 0 Å². The first-order valence-electron chi connectivity index (χ1n) is 5.78. The molecule has 1 radical (unpaired) electrons. The number of hydrogen-bond acceptors (Lipinski definition) is 0. The van der Waals surface area contributed by atoms with Crippen LogP contribution in [-0.2, 0) is 6.42 Å². The van der Waals surface area contributed by atoms with E-state index in [2.05, 4.69) is 31.2 Å². The summed E-state index contributed by atoms with van der Waals surface area (Å²) in [5, 5.41) is 0. The van der Waals surface area contributed by atoms with Gasteiger partial charge in [0.15, 0.2) is 0 Å². The summed E-state index contributed by atoms with van der Waals surface area (Å²) in [7, 11) is 0. The Hall–Kier alpha value is -0.780. The number of benzene rings is 1. The number of hydrogen-bond donors (Lipinski definition) is 0. The van der Waals surface area contributed by atoms with Crippen LogP contribution in [0.3, 0.4) is 0 Å². The average molecular weight is 187 g/mol. The molecule has 0 heterocycles. The van der Waals surface area contributed by atoms with Gasteiger partial charge in [0.05, 0.1) is 0 Å². The van der Waals surface area contributed by atoms with Gasteiger partial charge >= 0.3 is 0 Å². The van der Waals surface area contributed by atoms with Crippen molar-refractivity contribution in [2.24, 2.45) is 0 Å². The monoisotopic (exact) mass is 187 g/mol. The third kappa shape index (κ3) is 2.17. The Bertz CT molecular complexity index is 265. The van der Waals surface area contributed by atoms with Gasteiger partial charge in [-0.2, -0.15) is 0 Å². The molecule has 14 heavy (non-hydrogen) atoms. The van der Waals surface area contributed by atoms with Crippen molar-refractivity contribution in [2.75, 3.05) is 0 Å². The highest BCUT2D eigenvalue weighted by Gasteiger charge is 2.14. The van der Waals surface area contributed by atoms with Crippen LogP contribution in [0.2, 0.25) is 0 Å². The third-order valence-corrected chi connectivity index (χ3v) is 3.34. The summed E-state index contributed by atoms with van der Waals surface area (Å²) in [6.45, 7) is 3.90. The summed E-state index contributed by atoms with van der Waals surface area (Å²) in [4.78, 5) is 0. The van der Waals surface area contributed by atoms with Crippen LogP contribution in [-0.4, -0.2) is 0 Å². The molecule has 75 valence electrons. The molecular weight excluding hydrogens is 168 g/mol. The molecule has 0 amide bonds. The Kier molecular flexibility index (Phi) is 3.23. The molecule has 0 heteroatoms. The van der Waals surface area contributed by atoms with Gasteiger partial charge in [-0.3, -0.25) is 0 Å². The van der Waals surface area contributed by atoms with E-state index in [1.807, 2.05) is 0 Å². The van der Waals surface area contributed by atoms with Crippen molar-refractivity contribution in [3.8, 4) is 0 Å². The summed E-state index contributed by atoms with van der Waals surface area (Å²) < 4.78 is 0. The second-order valence-electron chi connectivity index (χ2n) is 4.33. The number of rotatable bonds is 2. The molecule has 1 aromatic rings. The van der Waals surface area contributed by atoms with E-state index in [4.69, 9.17) is 0 Å². The maximum Gasteiger partial charge on any atom is -0.0162 e. The molecule has 0 aromatic heterocycles. The first-order chi connectivity index (χ1) is 6.90. The zero-order valence-corrected chi connectivity index (χ0v) is 8.84. The molecule has 1 aromatic carbocycles. The molecule has 2 rings (SSSR count). The molecule has 1 saturated carbocycles. The van der Waals surface area contributed by atoms with E-state index in [-0.39, 0.29) is 0 Å². The quantitative estimate of drug-likeness (QED) is 0.653. The fourth-order valence-electron chi connectivity index (χ4n) is 2.39. The van der Waals surface area contributed by atoms with Gasteiger partial charge in [-0.25, -0.2) is 0 Å². The molecular formula is C14H19. The third-order valence-electron chi connectivity index (χ3n) is 3.34. The summed E-state index contributed by atoms with van der Waals surface area (Å²) in [5.41, 5.74) is 2.89. The molecule has 1 aliphatic rings. The molecule has 1 fully saturated rings. The zero-order chi connectivity index (χ0) is 9.80. The molecule has 0 unspecified atom stereocenters. The highest BCUT2D eigenvalue weighted by atomic mass is 14.2. The van der Waals surface area contributed by atoms with Crippen LogP contribution in [0.15, 0.2) is 24.3 Å². The van der Waals surface area contributed by atoms with Gasteiger partial charge in [0.1, 0.15) is 0 Å². The summed E-state index contributed by atoms with van der Waals surface area (Å²) >= 11 is 0. The maximum atomic E-state index is 3.90. The Morgan fingerprint density at radius 2 is 1.64 bits per heavy atom. The van der Waals surface area contributed by atoms with Gasteiger partial charge in [-0.1, -0.05) is 43.5 Å². The Labute approximate surface area is 87.3 Å². The summed E-state index contributed by atoms with van der Waals surface area (Å²) in [6, 6.07) is 9.07. The highest BCUT2D eigenvalue weighted by molar-refractivity contribution is 5.26. The van der Waals surface area contributed by atoms with Gasteiger partial charge < -0.3 is 0 Å². The normalized spacial score (nSPS) is 18.4. The van der Waals surface area contributed by atoms with E-state index in [0.717, 1.165) is 12.3 Å². The maximum absolute atomic E-state index is 3.90. The fraction of sp³-hybridized carbons (Fsp3) is 0.500. The van der Waals surface area contributed by atoms with Crippen molar-refractivity contribution in [1.29, 1.82) is 0 Å². The zero-order valence-electron chi connectivity index (χ0n) is 8.84. The lowest BCUT2D eigenvalue weighted by atomic mass is 9.84. The van der Waals surface area contributed by atoms with Crippen LogP contribution in [0.4, 0.5) is 0 Å². The highest BCUT2D eigenvalue weighted by Crippen LogP contribution is 2.32. The predicted octanol–water partition coefficient (Wildman–Crippen LogP) is 4.11. The lowest BCUT2D eigenvalue weighted by Crippen LogP contribution is -2.04. The van der Waals surface area contributed by atoms with E-state index >= 15 is 0 Å². The van der Waals surface area contributed by atoms with Gasteiger partial charge in [-0.05, 0) is 43.2 Å². The van der Waals surface area contributed by atoms with Crippen LogP contribution < -0.4 is 0 Å². The van der Waals surface area contributed by atoms with Crippen molar-refractivity contribution in [3.63, 3.8) is 0 Å². The Morgan fingerprint density at radius 3 is 2.21 bits per heavy atom. The molecule has 0 bridgehead atoms. The fourth-order valence-corrected chi connectivity index (χ4v) is 2.39. The van der Waals surface area contributed by atoms with E-state index in [1.54, 1.807) is 5.56 Å². The van der Waals surface area contributed by atoms with Gasteiger partial charge in [-0.15, -0.1) is 0 Å². The molecule has 0 atom stereocenters. The largest absolute Gasteiger partial charge is 0.0588 e. The van der Waals surface area contributed by atoms with E-state index < -0.39 is 0 Å². The molecule has 0 aliphatic heterocycles. The van der Waals surface area contributed by atoms with Crippen LogP contribution in [0.1, 0.15) is 49.1 Å². The minimum absolute atomic E-state index is 0.836. The van der Waals surface area contributed by atoms with Crippen LogP contribution in [0.5, 0.6) is 0 Å². The Morgan fingerprint density at radius 1 is 1.00 bits per heavy atom. The lowest BCUT2D eigenvalue weighted by Gasteiger charge is -2.22. The van der Waals surface area contributed by atoms with Gasteiger partial charge in [0.25, 0.3) is 0 Å². The van der Waals surface area contributed by atoms with E-state index in [1.165, 1.54) is 37.7 Å². The van der Waals surface area contributed by atoms with Gasteiger partial charge in [0.2, 0.25) is 0 Å². The van der Waals surface area contributed by atoms with Crippen LogP contribution in [0, 0.1) is 6.92 Å². The molecule has 0 nitrogen and oxygen atoms in total. The van der Waals surface area contributed by atoms with Crippen LogP contribution >= 0.6 is 0 Å². The van der Waals surface area contributed by atoms with Crippen LogP contribution in [0.25, 0.3) is 0 Å². The van der Waals surface area contributed by atoms with E-state index in [0.29, 0.717) is 0 Å². The Balaban J connectivity index is 2.07. The first kappa shape index (κ1) is 9.76. The summed E-state index contributed by atoms with van der Waals surface area (Å²) in [5.74, 6) is 0.836. The lowest BCUT2D eigenvalue weighted by molar-refractivity contribution is 0.443. The van der Waals surface area contributed by atoms with Crippen molar-refractivity contribution in [2.45, 2.75) is 44.4 Å². The minimum atomic E-state index is 0.836. The minimum Gasteiger partial charge on any atom is -0.0588 e. The smallest absolute Gasteiger partial charge is 0.0162 e.